The van der Waals surface area contributed by atoms with Crippen molar-refractivity contribution in [2.75, 3.05) is 20.8 Å². The van der Waals surface area contributed by atoms with Gasteiger partial charge in [0.15, 0.2) is 0 Å². The fourth-order valence-corrected chi connectivity index (χ4v) is 3.54. The summed E-state index contributed by atoms with van der Waals surface area (Å²) < 4.78 is 16.4. The van der Waals surface area contributed by atoms with Crippen LogP contribution in [0, 0.1) is 0 Å². The van der Waals surface area contributed by atoms with Gasteiger partial charge in [-0.25, -0.2) is 4.79 Å². The molecule has 0 bridgehead atoms. The van der Waals surface area contributed by atoms with Gasteiger partial charge in [0.1, 0.15) is 22.8 Å². The van der Waals surface area contributed by atoms with Crippen LogP contribution in [0.4, 0.5) is 4.79 Å². The van der Waals surface area contributed by atoms with Gasteiger partial charge in [0.25, 0.3) is 0 Å². The number of ether oxygens (including phenoxy) is 3. The quantitative estimate of drug-likeness (QED) is 0.854. The summed E-state index contributed by atoms with van der Waals surface area (Å²) in [4.78, 5) is 14.6. The monoisotopic (exact) mass is 385 g/mol. The minimum absolute atomic E-state index is 0.00598. The van der Waals surface area contributed by atoms with E-state index in [1.54, 1.807) is 11.0 Å². The number of carbonyl (C=O) groups is 1. The van der Waals surface area contributed by atoms with Crippen molar-refractivity contribution < 1.29 is 24.1 Å². The average molecular weight is 385 g/mol. The van der Waals surface area contributed by atoms with Gasteiger partial charge >= 0.3 is 6.09 Å². The van der Waals surface area contributed by atoms with Crippen LogP contribution in [-0.4, -0.2) is 42.5 Å². The fourth-order valence-electron chi connectivity index (χ4n) is 3.54. The van der Waals surface area contributed by atoms with Crippen molar-refractivity contribution in [3.05, 3.63) is 53.1 Å². The molecule has 0 radical (unpaired) electrons. The highest BCUT2D eigenvalue weighted by Crippen LogP contribution is 2.45. The van der Waals surface area contributed by atoms with Gasteiger partial charge in [-0.3, -0.25) is 4.90 Å². The van der Waals surface area contributed by atoms with Crippen molar-refractivity contribution in [2.45, 2.75) is 38.8 Å². The highest BCUT2D eigenvalue weighted by Gasteiger charge is 2.37. The Labute approximate surface area is 165 Å². The normalized spacial score (nSPS) is 16.3. The first kappa shape index (κ1) is 19.9. The van der Waals surface area contributed by atoms with Crippen LogP contribution in [0.15, 0.2) is 36.4 Å². The molecule has 2 aromatic rings. The Morgan fingerprint density at radius 1 is 1.14 bits per heavy atom. The molecule has 1 aliphatic heterocycles. The Hall–Kier alpha value is -2.89. The highest BCUT2D eigenvalue weighted by atomic mass is 16.6. The first-order valence-corrected chi connectivity index (χ1v) is 9.27. The molecule has 6 nitrogen and oxygen atoms in total. The summed E-state index contributed by atoms with van der Waals surface area (Å²) in [5, 5.41) is 10.8. The molecule has 0 saturated carbocycles. The first-order chi connectivity index (χ1) is 13.2. The molecule has 0 fully saturated rings. The van der Waals surface area contributed by atoms with Crippen LogP contribution in [0.5, 0.6) is 17.2 Å². The highest BCUT2D eigenvalue weighted by molar-refractivity contribution is 5.72. The van der Waals surface area contributed by atoms with Gasteiger partial charge in [-0.05, 0) is 38.3 Å². The number of phenolic OH excluding ortho intramolecular Hbond substituents is 1. The van der Waals surface area contributed by atoms with Crippen molar-refractivity contribution in [1.82, 2.24) is 4.90 Å². The van der Waals surface area contributed by atoms with Crippen molar-refractivity contribution in [1.29, 1.82) is 0 Å². The van der Waals surface area contributed by atoms with Crippen molar-refractivity contribution in [2.24, 2.45) is 0 Å². The molecule has 0 saturated heterocycles. The zero-order chi connectivity index (χ0) is 20.5. The lowest BCUT2D eigenvalue weighted by atomic mass is 9.87. The van der Waals surface area contributed by atoms with E-state index >= 15 is 0 Å². The van der Waals surface area contributed by atoms with Crippen LogP contribution in [0.25, 0.3) is 0 Å². The second-order valence-electron chi connectivity index (χ2n) is 7.79. The number of carbonyl (C=O) groups excluding carboxylic acids is 1. The SMILES string of the molecule is COc1cc(O)c(C2c3ccccc3CCN2C(=O)OC(C)(C)C)c(OC)c1. The van der Waals surface area contributed by atoms with E-state index in [0.29, 0.717) is 30.0 Å². The number of nitrogens with zero attached hydrogens (tertiary/aromatic N) is 1. The molecule has 2 aromatic carbocycles. The average Bonchev–Trinajstić information content (AvgIpc) is 2.65. The zero-order valence-corrected chi connectivity index (χ0v) is 17.0. The van der Waals surface area contributed by atoms with E-state index in [2.05, 4.69) is 0 Å². The molecule has 0 spiro atoms. The Balaban J connectivity index is 2.16. The molecule has 0 aromatic heterocycles. The maximum Gasteiger partial charge on any atom is 0.411 e. The maximum atomic E-state index is 13.0. The Bertz CT molecular complexity index is 872. The summed E-state index contributed by atoms with van der Waals surface area (Å²) in [7, 11) is 3.06. The number of aromatic hydroxyl groups is 1. The lowest BCUT2D eigenvalue weighted by Crippen LogP contribution is -2.43. The van der Waals surface area contributed by atoms with E-state index in [-0.39, 0.29) is 5.75 Å². The van der Waals surface area contributed by atoms with Crippen molar-refractivity contribution in [3.63, 3.8) is 0 Å². The second-order valence-corrected chi connectivity index (χ2v) is 7.79. The number of methoxy groups -OCH3 is 2. The summed E-state index contributed by atoms with van der Waals surface area (Å²) >= 11 is 0. The fraction of sp³-hybridized carbons (Fsp3) is 0.409. The van der Waals surface area contributed by atoms with E-state index < -0.39 is 17.7 Å². The zero-order valence-electron chi connectivity index (χ0n) is 17.0. The molecule has 1 heterocycles. The molecule has 1 unspecified atom stereocenters. The number of hydrogen-bond acceptors (Lipinski definition) is 5. The molecule has 1 atom stereocenters. The molecule has 28 heavy (non-hydrogen) atoms. The molecular formula is C22H27NO5. The van der Waals surface area contributed by atoms with Crippen LogP contribution in [-0.2, 0) is 11.2 Å². The van der Waals surface area contributed by atoms with Gasteiger partial charge in [0.2, 0.25) is 0 Å². The largest absolute Gasteiger partial charge is 0.507 e. The Morgan fingerprint density at radius 3 is 2.50 bits per heavy atom. The summed E-state index contributed by atoms with van der Waals surface area (Å²) in [5.74, 6) is 0.935. The number of hydrogen-bond donors (Lipinski definition) is 1. The minimum atomic E-state index is -0.620. The molecule has 3 rings (SSSR count). The van der Waals surface area contributed by atoms with Gasteiger partial charge in [-0.15, -0.1) is 0 Å². The second kappa shape index (κ2) is 7.62. The third-order valence-electron chi connectivity index (χ3n) is 4.73. The summed E-state index contributed by atoms with van der Waals surface area (Å²) in [5.41, 5.74) is 1.97. The van der Waals surface area contributed by atoms with Crippen LogP contribution in [0.3, 0.4) is 0 Å². The standard InChI is InChI=1S/C22H27NO5/c1-22(2,3)28-21(25)23-11-10-14-8-6-7-9-16(14)20(23)19-17(24)12-15(26-4)13-18(19)27-5/h6-9,12-13,20,24H,10-11H2,1-5H3. The number of phenols is 1. The van der Waals surface area contributed by atoms with E-state index in [0.717, 1.165) is 11.1 Å². The van der Waals surface area contributed by atoms with Gasteiger partial charge in [-0.1, -0.05) is 24.3 Å². The lowest BCUT2D eigenvalue weighted by molar-refractivity contribution is 0.0175. The number of amides is 1. The number of rotatable bonds is 3. The first-order valence-electron chi connectivity index (χ1n) is 9.27. The van der Waals surface area contributed by atoms with Gasteiger partial charge < -0.3 is 19.3 Å². The lowest BCUT2D eigenvalue weighted by Gasteiger charge is -2.39. The van der Waals surface area contributed by atoms with Crippen LogP contribution in [0.2, 0.25) is 0 Å². The third kappa shape index (κ3) is 3.86. The van der Waals surface area contributed by atoms with Crippen LogP contribution in [0.1, 0.15) is 43.5 Å². The molecule has 150 valence electrons. The van der Waals surface area contributed by atoms with E-state index in [1.165, 1.54) is 20.3 Å². The molecule has 1 amide bonds. The number of fused-ring (bicyclic) bond motifs is 1. The molecule has 6 heteroatoms. The van der Waals surface area contributed by atoms with E-state index in [1.807, 2.05) is 45.0 Å². The predicted molar refractivity (Wildman–Crippen MR) is 106 cm³/mol. The molecule has 0 aliphatic carbocycles. The Morgan fingerprint density at radius 2 is 1.86 bits per heavy atom. The van der Waals surface area contributed by atoms with E-state index in [9.17, 15) is 9.90 Å². The van der Waals surface area contributed by atoms with Crippen LogP contribution >= 0.6 is 0 Å². The van der Waals surface area contributed by atoms with Crippen molar-refractivity contribution in [3.8, 4) is 17.2 Å². The number of benzene rings is 2. The molecular weight excluding hydrogens is 358 g/mol. The van der Waals surface area contributed by atoms with Crippen LogP contribution < -0.4 is 9.47 Å². The minimum Gasteiger partial charge on any atom is -0.507 e. The Kier molecular flexibility index (Phi) is 5.40. The summed E-state index contributed by atoms with van der Waals surface area (Å²) in [6.45, 7) is 5.99. The van der Waals surface area contributed by atoms with E-state index in [4.69, 9.17) is 14.2 Å². The maximum absolute atomic E-state index is 13.0. The van der Waals surface area contributed by atoms with Crippen molar-refractivity contribution >= 4 is 6.09 Å². The molecule has 1 aliphatic rings. The van der Waals surface area contributed by atoms with Gasteiger partial charge in [0.05, 0.1) is 25.8 Å². The molecule has 1 N–H and O–H groups in total. The smallest absolute Gasteiger partial charge is 0.411 e. The summed E-state index contributed by atoms with van der Waals surface area (Å²) in [6, 6.07) is 10.6. The van der Waals surface area contributed by atoms with Gasteiger partial charge in [0, 0.05) is 18.7 Å². The third-order valence-corrected chi connectivity index (χ3v) is 4.73. The van der Waals surface area contributed by atoms with Gasteiger partial charge in [-0.2, -0.15) is 0 Å². The predicted octanol–water partition coefficient (Wildman–Crippen LogP) is 4.29. The topological polar surface area (TPSA) is 68.2 Å². The summed E-state index contributed by atoms with van der Waals surface area (Å²) in [6.07, 6.45) is 0.287.